The summed E-state index contributed by atoms with van der Waals surface area (Å²) in [7, 11) is 0. The lowest BCUT2D eigenvalue weighted by Gasteiger charge is -2.25. The van der Waals surface area contributed by atoms with Crippen LogP contribution >= 0.6 is 0 Å². The van der Waals surface area contributed by atoms with Crippen molar-refractivity contribution in [2.24, 2.45) is 0 Å². The Bertz CT molecular complexity index is 689. The second-order valence-corrected chi connectivity index (χ2v) is 5.90. The molecule has 1 aliphatic heterocycles. The second-order valence-electron chi connectivity index (χ2n) is 5.90. The van der Waals surface area contributed by atoms with Crippen molar-refractivity contribution in [1.29, 1.82) is 0 Å². The molecular formula is C17H22N4O4. The van der Waals surface area contributed by atoms with Crippen molar-refractivity contribution in [3.05, 3.63) is 29.8 Å². The molecule has 134 valence electrons. The van der Waals surface area contributed by atoms with Crippen LogP contribution in [0.3, 0.4) is 0 Å². The van der Waals surface area contributed by atoms with Gasteiger partial charge in [-0.3, -0.25) is 19.7 Å². The molecule has 0 saturated carbocycles. The molecule has 8 heteroatoms. The van der Waals surface area contributed by atoms with Gasteiger partial charge in [0.2, 0.25) is 11.8 Å². The van der Waals surface area contributed by atoms with E-state index in [0.717, 1.165) is 6.42 Å². The van der Waals surface area contributed by atoms with E-state index in [4.69, 9.17) is 0 Å². The van der Waals surface area contributed by atoms with Crippen LogP contribution in [0.2, 0.25) is 0 Å². The van der Waals surface area contributed by atoms with Crippen molar-refractivity contribution in [2.45, 2.75) is 32.7 Å². The first-order valence-electron chi connectivity index (χ1n) is 8.19. The van der Waals surface area contributed by atoms with Crippen molar-refractivity contribution in [3.8, 4) is 0 Å². The number of hydrogen-bond acceptors (Lipinski definition) is 4. The number of nitrogens with one attached hydrogen (secondary N) is 3. The molecule has 0 unspecified atom stereocenters. The van der Waals surface area contributed by atoms with Gasteiger partial charge >= 0.3 is 6.03 Å². The summed E-state index contributed by atoms with van der Waals surface area (Å²) in [5, 5.41) is 7.67. The molecule has 25 heavy (non-hydrogen) atoms. The van der Waals surface area contributed by atoms with E-state index in [9.17, 15) is 19.2 Å². The van der Waals surface area contributed by atoms with E-state index < -0.39 is 11.9 Å². The third-order valence-corrected chi connectivity index (χ3v) is 3.91. The lowest BCUT2D eigenvalue weighted by molar-refractivity contribution is -0.123. The van der Waals surface area contributed by atoms with Crippen LogP contribution in [-0.2, 0) is 9.59 Å². The van der Waals surface area contributed by atoms with E-state index in [1.807, 2.05) is 13.8 Å². The Morgan fingerprint density at radius 1 is 1.28 bits per heavy atom. The minimum atomic E-state index is -0.589. The van der Waals surface area contributed by atoms with Gasteiger partial charge in [-0.15, -0.1) is 0 Å². The zero-order chi connectivity index (χ0) is 18.4. The molecule has 1 atom stereocenters. The number of urea groups is 1. The first-order valence-corrected chi connectivity index (χ1v) is 8.19. The summed E-state index contributed by atoms with van der Waals surface area (Å²) in [6.45, 7) is 3.86. The van der Waals surface area contributed by atoms with Crippen LogP contribution in [0.4, 0.5) is 10.5 Å². The van der Waals surface area contributed by atoms with Gasteiger partial charge in [0.15, 0.2) is 0 Å². The predicted molar refractivity (Wildman–Crippen MR) is 92.0 cm³/mol. The summed E-state index contributed by atoms with van der Waals surface area (Å²) >= 11 is 0. The fourth-order valence-corrected chi connectivity index (χ4v) is 2.31. The molecule has 0 spiro atoms. The Labute approximate surface area is 145 Å². The van der Waals surface area contributed by atoms with Crippen LogP contribution in [0.5, 0.6) is 0 Å². The molecule has 1 heterocycles. The maximum Gasteiger partial charge on any atom is 0.324 e. The highest BCUT2D eigenvalue weighted by Gasteiger charge is 2.25. The van der Waals surface area contributed by atoms with Crippen molar-refractivity contribution in [2.75, 3.05) is 18.4 Å². The average Bonchev–Trinajstić information content (AvgIpc) is 2.57. The molecule has 1 aromatic carbocycles. The summed E-state index contributed by atoms with van der Waals surface area (Å²) in [4.78, 5) is 48.6. The lowest BCUT2D eigenvalue weighted by Crippen LogP contribution is -2.51. The van der Waals surface area contributed by atoms with Crippen molar-refractivity contribution in [3.63, 3.8) is 0 Å². The molecule has 0 aromatic heterocycles. The number of carbonyl (C=O) groups excluding carboxylic acids is 4. The third-order valence-electron chi connectivity index (χ3n) is 3.91. The molecule has 1 saturated heterocycles. The van der Waals surface area contributed by atoms with Gasteiger partial charge in [0.1, 0.15) is 6.54 Å². The van der Waals surface area contributed by atoms with Gasteiger partial charge in [0.25, 0.3) is 5.91 Å². The Hall–Kier alpha value is -2.90. The van der Waals surface area contributed by atoms with Crippen LogP contribution in [-0.4, -0.2) is 47.8 Å². The zero-order valence-electron chi connectivity index (χ0n) is 14.3. The first-order chi connectivity index (χ1) is 11.9. The molecule has 8 nitrogen and oxygen atoms in total. The Morgan fingerprint density at radius 3 is 2.68 bits per heavy atom. The van der Waals surface area contributed by atoms with Crippen molar-refractivity contribution in [1.82, 2.24) is 15.5 Å². The number of imide groups is 1. The third kappa shape index (κ3) is 5.03. The highest BCUT2D eigenvalue weighted by atomic mass is 16.2. The average molecular weight is 346 g/mol. The van der Waals surface area contributed by atoms with Crippen LogP contribution < -0.4 is 16.0 Å². The quantitative estimate of drug-likeness (QED) is 0.717. The monoisotopic (exact) mass is 346 g/mol. The summed E-state index contributed by atoms with van der Waals surface area (Å²) in [6.07, 6.45) is 0.954. The van der Waals surface area contributed by atoms with E-state index in [1.54, 1.807) is 24.3 Å². The Kier molecular flexibility index (Phi) is 6.10. The Balaban J connectivity index is 2.02. The number of benzene rings is 1. The van der Waals surface area contributed by atoms with E-state index in [2.05, 4.69) is 16.0 Å². The normalized spacial score (nSPS) is 15.4. The molecule has 1 fully saturated rings. The van der Waals surface area contributed by atoms with Gasteiger partial charge in [-0.2, -0.15) is 0 Å². The van der Waals surface area contributed by atoms with Gasteiger partial charge in [-0.05, 0) is 25.5 Å². The number of anilines is 1. The standard InChI is InChI=1S/C17H22N4O4/c1-3-11(2)18-16(24)12-6-4-5-7-13(12)19-15(23)10-21-9-8-14(22)20-17(21)25/h4-7,11H,3,8-10H2,1-2H3,(H,18,24)(H,19,23)(H,20,22,25)/t11-/m0/s1. The van der Waals surface area contributed by atoms with Gasteiger partial charge in [-0.25, -0.2) is 4.79 Å². The smallest absolute Gasteiger partial charge is 0.324 e. The number of nitrogens with zero attached hydrogens (tertiary/aromatic N) is 1. The molecule has 1 aromatic rings. The molecule has 0 aliphatic carbocycles. The molecule has 5 amide bonds. The van der Waals surface area contributed by atoms with E-state index in [0.29, 0.717) is 11.3 Å². The lowest BCUT2D eigenvalue weighted by atomic mass is 10.1. The molecule has 2 rings (SSSR count). The summed E-state index contributed by atoms with van der Waals surface area (Å²) in [6, 6.07) is 6.11. The maximum atomic E-state index is 12.3. The van der Waals surface area contributed by atoms with Gasteiger partial charge in [0, 0.05) is 19.0 Å². The molecule has 0 radical (unpaired) electrons. The van der Waals surface area contributed by atoms with E-state index in [-0.39, 0.29) is 37.4 Å². The van der Waals surface area contributed by atoms with Gasteiger partial charge < -0.3 is 15.5 Å². The highest BCUT2D eigenvalue weighted by Crippen LogP contribution is 2.15. The van der Waals surface area contributed by atoms with Crippen LogP contribution in [0.25, 0.3) is 0 Å². The topological polar surface area (TPSA) is 108 Å². The first kappa shape index (κ1) is 18.4. The van der Waals surface area contributed by atoms with Crippen molar-refractivity contribution < 1.29 is 19.2 Å². The van der Waals surface area contributed by atoms with Gasteiger partial charge in [-0.1, -0.05) is 19.1 Å². The van der Waals surface area contributed by atoms with Crippen molar-refractivity contribution >= 4 is 29.4 Å². The number of hydrogen-bond donors (Lipinski definition) is 3. The molecule has 1 aliphatic rings. The number of amides is 5. The predicted octanol–water partition coefficient (Wildman–Crippen LogP) is 1.10. The van der Waals surface area contributed by atoms with Crippen LogP contribution in [0.15, 0.2) is 24.3 Å². The molecule has 3 N–H and O–H groups in total. The summed E-state index contributed by atoms with van der Waals surface area (Å²) in [5.74, 6) is -1.06. The SMILES string of the molecule is CC[C@H](C)NC(=O)c1ccccc1NC(=O)CN1CCC(=O)NC1=O. The fourth-order valence-electron chi connectivity index (χ4n) is 2.31. The minimum Gasteiger partial charge on any atom is -0.350 e. The molecular weight excluding hydrogens is 324 g/mol. The second kappa shape index (κ2) is 8.27. The van der Waals surface area contributed by atoms with E-state index in [1.165, 1.54) is 4.90 Å². The largest absolute Gasteiger partial charge is 0.350 e. The summed E-state index contributed by atoms with van der Waals surface area (Å²) in [5.41, 5.74) is 0.733. The number of para-hydroxylation sites is 1. The number of carbonyl (C=O) groups is 4. The Morgan fingerprint density at radius 2 is 2.00 bits per heavy atom. The number of rotatable bonds is 6. The van der Waals surface area contributed by atoms with Gasteiger partial charge in [0.05, 0.1) is 11.3 Å². The van der Waals surface area contributed by atoms with Crippen LogP contribution in [0.1, 0.15) is 37.0 Å². The maximum absolute atomic E-state index is 12.3. The van der Waals surface area contributed by atoms with E-state index >= 15 is 0 Å². The highest BCUT2D eigenvalue weighted by molar-refractivity contribution is 6.05. The zero-order valence-corrected chi connectivity index (χ0v) is 14.3. The van der Waals surface area contributed by atoms with Crippen LogP contribution in [0, 0.1) is 0 Å². The summed E-state index contributed by atoms with van der Waals surface area (Å²) < 4.78 is 0. The molecule has 0 bridgehead atoms. The minimum absolute atomic E-state index is 0.0193. The fraction of sp³-hybridized carbons (Fsp3) is 0.412.